The quantitative estimate of drug-likeness (QED) is 0.688. The van der Waals surface area contributed by atoms with Gasteiger partial charge in [0.2, 0.25) is 0 Å². The van der Waals surface area contributed by atoms with Crippen LogP contribution < -0.4 is 5.73 Å². The zero-order valence-corrected chi connectivity index (χ0v) is 8.68. The van der Waals surface area contributed by atoms with Gasteiger partial charge >= 0.3 is 0 Å². The van der Waals surface area contributed by atoms with Gasteiger partial charge in [-0.15, -0.1) is 0 Å². The van der Waals surface area contributed by atoms with E-state index in [9.17, 15) is 4.79 Å². The predicted molar refractivity (Wildman–Crippen MR) is 52.0 cm³/mol. The monoisotopic (exact) mass is 171 g/mol. The summed E-state index contributed by atoms with van der Waals surface area (Å²) < 4.78 is 0. The minimum absolute atomic E-state index is 0.103. The first-order valence-corrected chi connectivity index (χ1v) is 4.78. The van der Waals surface area contributed by atoms with E-state index in [-0.39, 0.29) is 11.7 Å². The third-order valence-electron chi connectivity index (χ3n) is 2.39. The van der Waals surface area contributed by atoms with Crippen molar-refractivity contribution in [2.45, 2.75) is 52.5 Å². The molecule has 0 aliphatic rings. The van der Waals surface area contributed by atoms with Crippen LogP contribution in [0.3, 0.4) is 0 Å². The van der Waals surface area contributed by atoms with E-state index in [0.29, 0.717) is 0 Å². The van der Waals surface area contributed by atoms with Crippen LogP contribution >= 0.6 is 0 Å². The molecular formula is C10H21NO. The Bertz CT molecular complexity index is 152. The van der Waals surface area contributed by atoms with Crippen LogP contribution in [-0.4, -0.2) is 11.3 Å². The minimum Gasteiger partial charge on any atom is -0.319 e. The molecule has 0 amide bonds. The summed E-state index contributed by atoms with van der Waals surface area (Å²) in [5.74, 6) is 0.304. The summed E-state index contributed by atoms with van der Waals surface area (Å²) in [6.45, 7) is 7.85. The van der Waals surface area contributed by atoms with Crippen molar-refractivity contribution >= 4 is 5.78 Å². The number of carbonyl (C=O) groups is 1. The molecule has 2 atom stereocenters. The molecule has 2 heteroatoms. The van der Waals surface area contributed by atoms with Crippen LogP contribution in [0.1, 0.15) is 47.0 Å². The zero-order valence-electron chi connectivity index (χ0n) is 8.68. The number of rotatable bonds is 5. The number of hydrogen-bond donors (Lipinski definition) is 1. The number of carbonyl (C=O) groups excluding carboxylic acids is 1. The molecule has 2 nitrogen and oxygen atoms in total. The molecule has 0 saturated heterocycles. The molecule has 0 saturated carbocycles. The van der Waals surface area contributed by atoms with Crippen molar-refractivity contribution in [3.63, 3.8) is 0 Å². The highest BCUT2D eigenvalue weighted by Crippen LogP contribution is 2.17. The Labute approximate surface area is 75.5 Å². The van der Waals surface area contributed by atoms with Gasteiger partial charge < -0.3 is 5.73 Å². The lowest BCUT2D eigenvalue weighted by molar-refractivity contribution is -0.127. The van der Waals surface area contributed by atoms with Gasteiger partial charge in [-0.1, -0.05) is 27.2 Å². The third-order valence-corrected chi connectivity index (χ3v) is 2.39. The van der Waals surface area contributed by atoms with Gasteiger partial charge in [0, 0.05) is 5.92 Å². The van der Waals surface area contributed by atoms with Gasteiger partial charge in [-0.2, -0.15) is 0 Å². The van der Waals surface area contributed by atoms with Gasteiger partial charge in [-0.05, 0) is 19.8 Å². The second-order valence-electron chi connectivity index (χ2n) is 3.84. The summed E-state index contributed by atoms with van der Waals surface area (Å²) in [6, 6.07) is 0. The van der Waals surface area contributed by atoms with E-state index in [4.69, 9.17) is 5.73 Å². The highest BCUT2D eigenvalue weighted by Gasteiger charge is 2.29. The highest BCUT2D eigenvalue weighted by atomic mass is 16.1. The standard InChI is InChI=1S/C10H21NO/c1-5-7-10(4,11)9(12)8(3)6-2/h8H,5-7,11H2,1-4H3. The maximum atomic E-state index is 11.7. The van der Waals surface area contributed by atoms with Crippen LogP contribution in [0.15, 0.2) is 0 Å². The van der Waals surface area contributed by atoms with Crippen molar-refractivity contribution in [2.75, 3.05) is 0 Å². The van der Waals surface area contributed by atoms with Crippen molar-refractivity contribution in [1.29, 1.82) is 0 Å². The lowest BCUT2D eigenvalue weighted by Gasteiger charge is -2.25. The summed E-state index contributed by atoms with van der Waals surface area (Å²) in [6.07, 6.45) is 2.64. The average Bonchev–Trinajstić information content (AvgIpc) is 2.01. The number of ketones is 1. The molecular weight excluding hydrogens is 150 g/mol. The Kier molecular flexibility index (Phi) is 4.46. The number of nitrogens with two attached hydrogens (primary N) is 1. The van der Waals surface area contributed by atoms with E-state index >= 15 is 0 Å². The smallest absolute Gasteiger partial charge is 0.155 e. The van der Waals surface area contributed by atoms with Gasteiger partial charge in [0.05, 0.1) is 5.54 Å². The topological polar surface area (TPSA) is 43.1 Å². The van der Waals surface area contributed by atoms with E-state index in [1.54, 1.807) is 0 Å². The highest BCUT2D eigenvalue weighted by molar-refractivity contribution is 5.89. The molecule has 0 fully saturated rings. The Morgan fingerprint density at radius 3 is 2.33 bits per heavy atom. The zero-order chi connectivity index (χ0) is 9.78. The fourth-order valence-electron chi connectivity index (χ4n) is 1.39. The first kappa shape index (κ1) is 11.6. The van der Waals surface area contributed by atoms with Crippen LogP contribution in [-0.2, 0) is 4.79 Å². The van der Waals surface area contributed by atoms with Crippen LogP contribution in [0.4, 0.5) is 0 Å². The Morgan fingerprint density at radius 1 is 1.50 bits per heavy atom. The van der Waals surface area contributed by atoms with Gasteiger partial charge in [-0.25, -0.2) is 0 Å². The fraction of sp³-hybridized carbons (Fsp3) is 0.900. The van der Waals surface area contributed by atoms with Gasteiger partial charge in [0.1, 0.15) is 0 Å². The van der Waals surface area contributed by atoms with Crippen LogP contribution in [0.25, 0.3) is 0 Å². The molecule has 2 N–H and O–H groups in total. The van der Waals surface area contributed by atoms with Crippen molar-refractivity contribution in [3.8, 4) is 0 Å². The summed E-state index contributed by atoms with van der Waals surface area (Å²) in [7, 11) is 0. The molecule has 0 aromatic rings. The van der Waals surface area contributed by atoms with Gasteiger partial charge in [0.25, 0.3) is 0 Å². The van der Waals surface area contributed by atoms with E-state index in [1.165, 1.54) is 0 Å². The first-order valence-electron chi connectivity index (χ1n) is 4.78. The molecule has 0 bridgehead atoms. The molecule has 0 radical (unpaired) electrons. The predicted octanol–water partition coefficient (Wildman–Crippen LogP) is 2.12. The van der Waals surface area contributed by atoms with E-state index in [1.807, 2.05) is 20.8 Å². The van der Waals surface area contributed by atoms with Crippen molar-refractivity contribution in [1.82, 2.24) is 0 Å². The SMILES string of the molecule is CCCC(C)(N)C(=O)C(C)CC. The van der Waals surface area contributed by atoms with E-state index in [2.05, 4.69) is 6.92 Å². The Hall–Kier alpha value is -0.370. The molecule has 0 aromatic heterocycles. The lowest BCUT2D eigenvalue weighted by atomic mass is 9.84. The normalized spacial score (nSPS) is 18.4. The summed E-state index contributed by atoms with van der Waals surface area (Å²) >= 11 is 0. The van der Waals surface area contributed by atoms with E-state index in [0.717, 1.165) is 19.3 Å². The molecule has 0 heterocycles. The lowest BCUT2D eigenvalue weighted by Crippen LogP contribution is -2.47. The number of Topliss-reactive ketones (excluding diaryl/α,β-unsaturated/α-hetero) is 1. The molecule has 0 aliphatic carbocycles. The largest absolute Gasteiger partial charge is 0.319 e. The summed E-state index contributed by atoms with van der Waals surface area (Å²) in [4.78, 5) is 11.7. The van der Waals surface area contributed by atoms with Crippen LogP contribution in [0.2, 0.25) is 0 Å². The van der Waals surface area contributed by atoms with Crippen molar-refractivity contribution < 1.29 is 4.79 Å². The molecule has 72 valence electrons. The molecule has 0 spiro atoms. The minimum atomic E-state index is -0.607. The second kappa shape index (κ2) is 4.61. The maximum Gasteiger partial charge on any atom is 0.155 e. The molecule has 0 rings (SSSR count). The van der Waals surface area contributed by atoms with Crippen LogP contribution in [0.5, 0.6) is 0 Å². The molecule has 12 heavy (non-hydrogen) atoms. The molecule has 0 aliphatic heterocycles. The van der Waals surface area contributed by atoms with E-state index < -0.39 is 5.54 Å². The fourth-order valence-corrected chi connectivity index (χ4v) is 1.39. The third kappa shape index (κ3) is 2.94. The van der Waals surface area contributed by atoms with Crippen molar-refractivity contribution in [2.24, 2.45) is 11.7 Å². The Morgan fingerprint density at radius 2 is 2.00 bits per heavy atom. The second-order valence-corrected chi connectivity index (χ2v) is 3.84. The van der Waals surface area contributed by atoms with Crippen molar-refractivity contribution in [3.05, 3.63) is 0 Å². The number of hydrogen-bond acceptors (Lipinski definition) is 2. The maximum absolute atomic E-state index is 11.7. The first-order chi connectivity index (χ1) is 5.45. The molecule has 0 aromatic carbocycles. The van der Waals surface area contributed by atoms with Gasteiger partial charge in [0.15, 0.2) is 5.78 Å². The summed E-state index contributed by atoms with van der Waals surface area (Å²) in [5, 5.41) is 0. The van der Waals surface area contributed by atoms with Gasteiger partial charge in [-0.3, -0.25) is 4.79 Å². The molecule has 2 unspecified atom stereocenters. The average molecular weight is 171 g/mol. The van der Waals surface area contributed by atoms with Crippen LogP contribution in [0, 0.1) is 5.92 Å². The summed E-state index contributed by atoms with van der Waals surface area (Å²) in [5.41, 5.74) is 5.29. The Balaban J connectivity index is 4.24.